The number of pyridine rings is 1. The highest BCUT2D eigenvalue weighted by molar-refractivity contribution is 5.90. The number of para-hydroxylation sites is 1. The molecule has 0 aliphatic carbocycles. The van der Waals surface area contributed by atoms with Crippen molar-refractivity contribution in [1.82, 2.24) is 24.3 Å². The van der Waals surface area contributed by atoms with E-state index in [0.717, 1.165) is 22.8 Å². The standard InChI is InChI=1S/C22H19FN6O/c23-15-7-9-19-16(12-15)20(13-28(19)11-3-10-24)29-21(26-27-22(29)30)18-8-6-14-4-1-2-5-17(14)25-18/h1-2,4-9,12-13H,3,10-11,24H2,(H,27,30). The predicted molar refractivity (Wildman–Crippen MR) is 114 cm³/mol. The van der Waals surface area contributed by atoms with Gasteiger partial charge in [-0.05, 0) is 43.3 Å². The zero-order chi connectivity index (χ0) is 20.7. The van der Waals surface area contributed by atoms with E-state index >= 15 is 0 Å². The number of nitrogens with zero attached hydrogens (tertiary/aromatic N) is 4. The molecular formula is C22H19FN6O. The Kier molecular flexibility index (Phi) is 4.40. The Hall–Kier alpha value is -3.78. The SMILES string of the molecule is NCCCn1cc(-n2c(-c3ccc4ccccc4n3)n[nH]c2=O)c2cc(F)ccc21. The molecule has 3 aromatic heterocycles. The maximum atomic E-state index is 14.1. The number of aromatic nitrogens is 5. The minimum Gasteiger partial charge on any atom is -0.345 e. The van der Waals surface area contributed by atoms with E-state index in [1.54, 1.807) is 6.07 Å². The van der Waals surface area contributed by atoms with Crippen LogP contribution in [-0.4, -0.2) is 30.9 Å². The lowest BCUT2D eigenvalue weighted by Crippen LogP contribution is -2.15. The number of nitrogens with one attached hydrogen (secondary N) is 1. The molecule has 150 valence electrons. The number of benzene rings is 2. The normalized spacial score (nSPS) is 11.5. The number of aromatic amines is 1. The van der Waals surface area contributed by atoms with Crippen molar-refractivity contribution in [2.75, 3.05) is 6.54 Å². The smallest absolute Gasteiger partial charge is 0.345 e. The van der Waals surface area contributed by atoms with Crippen molar-refractivity contribution in [2.45, 2.75) is 13.0 Å². The van der Waals surface area contributed by atoms with Gasteiger partial charge in [-0.3, -0.25) is 0 Å². The molecule has 0 aliphatic heterocycles. The molecule has 0 radical (unpaired) electrons. The van der Waals surface area contributed by atoms with Crippen molar-refractivity contribution >= 4 is 21.8 Å². The molecular weight excluding hydrogens is 383 g/mol. The second-order valence-electron chi connectivity index (χ2n) is 7.09. The Morgan fingerprint density at radius 1 is 1.10 bits per heavy atom. The fourth-order valence-electron chi connectivity index (χ4n) is 3.76. The molecule has 0 amide bonds. The first kappa shape index (κ1) is 18.3. The molecule has 30 heavy (non-hydrogen) atoms. The van der Waals surface area contributed by atoms with Gasteiger partial charge in [-0.15, -0.1) is 0 Å². The molecule has 0 spiro atoms. The number of nitrogens with two attached hydrogens (primary N) is 1. The summed E-state index contributed by atoms with van der Waals surface area (Å²) >= 11 is 0. The lowest BCUT2D eigenvalue weighted by atomic mass is 10.2. The van der Waals surface area contributed by atoms with Crippen molar-refractivity contribution in [3.05, 3.63) is 77.1 Å². The molecule has 0 bridgehead atoms. The number of halogens is 1. The van der Waals surface area contributed by atoms with Gasteiger partial charge < -0.3 is 10.3 Å². The topological polar surface area (TPSA) is 94.5 Å². The second-order valence-corrected chi connectivity index (χ2v) is 7.09. The first-order chi connectivity index (χ1) is 14.7. The number of aryl methyl sites for hydroxylation is 1. The summed E-state index contributed by atoms with van der Waals surface area (Å²) < 4.78 is 17.5. The third-order valence-corrected chi connectivity index (χ3v) is 5.17. The minimum absolute atomic E-state index is 0.368. The van der Waals surface area contributed by atoms with Crippen molar-refractivity contribution in [3.8, 4) is 17.2 Å². The van der Waals surface area contributed by atoms with Gasteiger partial charge in [0.1, 0.15) is 11.5 Å². The van der Waals surface area contributed by atoms with E-state index in [0.29, 0.717) is 35.7 Å². The van der Waals surface area contributed by atoms with Crippen molar-refractivity contribution in [3.63, 3.8) is 0 Å². The molecule has 5 rings (SSSR count). The predicted octanol–water partition coefficient (Wildman–Crippen LogP) is 3.22. The van der Waals surface area contributed by atoms with Gasteiger partial charge in [0.25, 0.3) is 0 Å². The van der Waals surface area contributed by atoms with Gasteiger partial charge >= 0.3 is 5.69 Å². The maximum absolute atomic E-state index is 14.1. The van der Waals surface area contributed by atoms with Crippen molar-refractivity contribution in [2.24, 2.45) is 5.73 Å². The minimum atomic E-state index is -0.415. The van der Waals surface area contributed by atoms with E-state index in [1.165, 1.54) is 16.7 Å². The van der Waals surface area contributed by atoms with Crippen LogP contribution < -0.4 is 11.4 Å². The fourth-order valence-corrected chi connectivity index (χ4v) is 3.76. The van der Waals surface area contributed by atoms with Crippen LogP contribution in [-0.2, 0) is 6.54 Å². The van der Waals surface area contributed by atoms with Gasteiger partial charge in [0.2, 0.25) is 0 Å². The summed E-state index contributed by atoms with van der Waals surface area (Å²) in [5.74, 6) is -0.00450. The van der Waals surface area contributed by atoms with Crippen molar-refractivity contribution in [1.29, 1.82) is 0 Å². The molecule has 0 saturated heterocycles. The summed E-state index contributed by atoms with van der Waals surface area (Å²) in [6, 6.07) is 16.0. The lowest BCUT2D eigenvalue weighted by Gasteiger charge is -2.05. The molecule has 7 nitrogen and oxygen atoms in total. The third-order valence-electron chi connectivity index (χ3n) is 5.17. The summed E-state index contributed by atoms with van der Waals surface area (Å²) in [6.45, 7) is 1.20. The first-order valence-electron chi connectivity index (χ1n) is 9.68. The second kappa shape index (κ2) is 7.23. The zero-order valence-corrected chi connectivity index (χ0v) is 16.0. The van der Waals surface area contributed by atoms with E-state index in [-0.39, 0.29) is 5.82 Å². The molecule has 0 aliphatic rings. The Bertz CT molecular complexity index is 1430. The van der Waals surface area contributed by atoms with Crippen LogP contribution in [0.5, 0.6) is 0 Å². The molecule has 3 N–H and O–H groups in total. The van der Waals surface area contributed by atoms with E-state index in [4.69, 9.17) is 5.73 Å². The molecule has 0 saturated carbocycles. The lowest BCUT2D eigenvalue weighted by molar-refractivity contribution is 0.629. The first-order valence-corrected chi connectivity index (χ1v) is 9.68. The summed E-state index contributed by atoms with van der Waals surface area (Å²) in [6.07, 6.45) is 2.60. The molecule has 3 heterocycles. The van der Waals surface area contributed by atoms with Crippen LogP contribution in [0.25, 0.3) is 39.0 Å². The van der Waals surface area contributed by atoms with Gasteiger partial charge in [0, 0.05) is 23.5 Å². The summed E-state index contributed by atoms with van der Waals surface area (Å²) in [4.78, 5) is 17.4. The van der Waals surface area contributed by atoms with Gasteiger partial charge in [0.15, 0.2) is 5.82 Å². The van der Waals surface area contributed by atoms with E-state index in [2.05, 4.69) is 15.2 Å². The van der Waals surface area contributed by atoms with Crippen LogP contribution in [0.3, 0.4) is 0 Å². The summed E-state index contributed by atoms with van der Waals surface area (Å²) in [7, 11) is 0. The Balaban J connectivity index is 1.74. The summed E-state index contributed by atoms with van der Waals surface area (Å²) in [5, 5.41) is 8.33. The van der Waals surface area contributed by atoms with Gasteiger partial charge in [-0.25, -0.2) is 23.8 Å². The Morgan fingerprint density at radius 2 is 1.97 bits per heavy atom. The largest absolute Gasteiger partial charge is 0.348 e. The van der Waals surface area contributed by atoms with Gasteiger partial charge in [-0.1, -0.05) is 24.3 Å². The van der Waals surface area contributed by atoms with E-state index < -0.39 is 5.69 Å². The van der Waals surface area contributed by atoms with Crippen LogP contribution in [0.1, 0.15) is 6.42 Å². The van der Waals surface area contributed by atoms with Gasteiger partial charge in [-0.2, -0.15) is 5.10 Å². The van der Waals surface area contributed by atoms with Crippen LogP contribution in [0, 0.1) is 5.82 Å². The number of hydrogen-bond acceptors (Lipinski definition) is 4. The highest BCUT2D eigenvalue weighted by Gasteiger charge is 2.19. The number of rotatable bonds is 5. The quantitative estimate of drug-likeness (QED) is 0.472. The van der Waals surface area contributed by atoms with Crippen molar-refractivity contribution < 1.29 is 4.39 Å². The van der Waals surface area contributed by atoms with Gasteiger partial charge in [0.05, 0.1) is 16.7 Å². The Labute approximate surface area is 170 Å². The molecule has 8 heteroatoms. The number of fused-ring (bicyclic) bond motifs is 2. The number of hydrogen-bond donors (Lipinski definition) is 2. The fraction of sp³-hybridized carbons (Fsp3) is 0.136. The maximum Gasteiger partial charge on any atom is 0.348 e. The molecule has 5 aromatic rings. The Morgan fingerprint density at radius 3 is 2.83 bits per heavy atom. The highest BCUT2D eigenvalue weighted by atomic mass is 19.1. The monoisotopic (exact) mass is 402 g/mol. The van der Waals surface area contributed by atoms with Crippen LogP contribution in [0.4, 0.5) is 4.39 Å². The average Bonchev–Trinajstić information content (AvgIpc) is 3.31. The molecule has 0 unspecified atom stereocenters. The van der Waals surface area contributed by atoms with E-state index in [9.17, 15) is 9.18 Å². The molecule has 0 fully saturated rings. The zero-order valence-electron chi connectivity index (χ0n) is 16.0. The van der Waals surface area contributed by atoms with Crippen LogP contribution in [0.15, 0.2) is 65.6 Å². The van der Waals surface area contributed by atoms with Crippen LogP contribution in [0.2, 0.25) is 0 Å². The van der Waals surface area contributed by atoms with E-state index in [1.807, 2.05) is 47.2 Å². The third kappa shape index (κ3) is 2.98. The molecule has 0 atom stereocenters. The summed E-state index contributed by atoms with van der Waals surface area (Å²) in [5.41, 5.74) is 7.97. The molecule has 2 aromatic carbocycles. The van der Waals surface area contributed by atoms with Crippen LogP contribution >= 0.6 is 0 Å². The number of H-pyrrole nitrogens is 1. The highest BCUT2D eigenvalue weighted by Crippen LogP contribution is 2.28. The average molecular weight is 402 g/mol.